The zero-order valence-electron chi connectivity index (χ0n) is 17.2. The van der Waals surface area contributed by atoms with Gasteiger partial charge in [-0.2, -0.15) is 0 Å². The summed E-state index contributed by atoms with van der Waals surface area (Å²) >= 11 is 0. The average Bonchev–Trinajstić information content (AvgIpc) is 2.75. The van der Waals surface area contributed by atoms with Crippen LogP contribution in [0.3, 0.4) is 0 Å². The summed E-state index contributed by atoms with van der Waals surface area (Å²) in [6.45, 7) is 6.36. The Kier molecular flexibility index (Phi) is 14.2. The monoisotopic (exact) mass is 389 g/mol. The van der Waals surface area contributed by atoms with Gasteiger partial charge in [-0.25, -0.2) is 0 Å². The van der Waals surface area contributed by atoms with Gasteiger partial charge in [0, 0.05) is 19.9 Å². The van der Waals surface area contributed by atoms with Gasteiger partial charge in [-0.3, -0.25) is 9.79 Å². The molecule has 1 saturated carbocycles. The molecule has 0 radical (unpaired) electrons. The summed E-state index contributed by atoms with van der Waals surface area (Å²) in [7, 11) is 1.85. The Morgan fingerprint density at radius 1 is 1.18 bits per heavy atom. The molecule has 0 spiro atoms. The zero-order valence-corrected chi connectivity index (χ0v) is 17.2. The molecule has 0 saturated heterocycles. The van der Waals surface area contributed by atoms with E-state index < -0.39 is 0 Å². The number of hydrogen-bond donors (Lipinski definition) is 2. The molecule has 0 bridgehead atoms. The van der Waals surface area contributed by atoms with E-state index in [1.807, 2.05) is 38.8 Å². The third-order valence-corrected chi connectivity index (χ3v) is 5.24. The number of nitrogens with two attached hydrogens (primary N) is 1. The third-order valence-electron chi connectivity index (χ3n) is 5.24. The van der Waals surface area contributed by atoms with Gasteiger partial charge in [0.05, 0.1) is 11.9 Å². The van der Waals surface area contributed by atoms with Crippen LogP contribution in [0, 0.1) is 11.8 Å². The smallest absolute Gasteiger partial charge is 0.217 e. The van der Waals surface area contributed by atoms with Crippen molar-refractivity contribution in [1.29, 1.82) is 0 Å². The molecule has 2 rings (SSSR count). The number of nitrogens with zero attached hydrogens (tertiary/aromatic N) is 1. The summed E-state index contributed by atoms with van der Waals surface area (Å²) in [5.41, 5.74) is 6.53. The molecule has 1 aliphatic rings. The van der Waals surface area contributed by atoms with Crippen LogP contribution in [-0.2, 0) is 14.4 Å². The van der Waals surface area contributed by atoms with Crippen LogP contribution in [0.15, 0.2) is 35.3 Å². The topological polar surface area (TPSA) is 102 Å². The minimum atomic E-state index is -0.256. The highest BCUT2D eigenvalue weighted by atomic mass is 16.1. The number of amides is 1. The van der Waals surface area contributed by atoms with Crippen LogP contribution >= 0.6 is 0 Å². The maximum absolute atomic E-state index is 11.2. The lowest BCUT2D eigenvalue weighted by Gasteiger charge is -2.30. The van der Waals surface area contributed by atoms with Crippen LogP contribution in [0.1, 0.15) is 63.5 Å². The fourth-order valence-electron chi connectivity index (χ4n) is 3.65. The molecule has 1 aromatic carbocycles. The highest BCUT2D eigenvalue weighted by molar-refractivity contribution is 5.83. The molecule has 1 amide bonds. The molecule has 0 aliphatic heterocycles. The lowest BCUT2D eigenvalue weighted by molar-refractivity contribution is -0.118. The molecule has 6 nitrogen and oxygen atoms in total. The quantitative estimate of drug-likeness (QED) is 0.551. The van der Waals surface area contributed by atoms with E-state index in [-0.39, 0.29) is 11.9 Å². The molecule has 28 heavy (non-hydrogen) atoms. The molecule has 1 fully saturated rings. The van der Waals surface area contributed by atoms with Crippen LogP contribution < -0.4 is 11.1 Å². The molecular formula is C22H35N3O3. The second-order valence-electron chi connectivity index (χ2n) is 7.01. The van der Waals surface area contributed by atoms with Gasteiger partial charge in [0.15, 0.2) is 0 Å². The third kappa shape index (κ3) is 9.44. The van der Waals surface area contributed by atoms with Crippen molar-refractivity contribution >= 4 is 25.3 Å². The summed E-state index contributed by atoms with van der Waals surface area (Å²) < 4.78 is 0. The lowest BCUT2D eigenvalue weighted by atomic mass is 9.78. The average molecular weight is 390 g/mol. The Bertz CT molecular complexity index is 576. The molecule has 1 aromatic rings. The number of amidine groups is 1. The number of nitrogens with one attached hydrogen (secondary N) is 1. The van der Waals surface area contributed by atoms with Crippen molar-refractivity contribution < 1.29 is 14.4 Å². The molecule has 6 heteroatoms. The summed E-state index contributed by atoms with van der Waals surface area (Å²) in [5.74, 6) is 2.26. The van der Waals surface area contributed by atoms with Crippen LogP contribution in [0.2, 0.25) is 0 Å². The van der Waals surface area contributed by atoms with Crippen molar-refractivity contribution in [2.75, 3.05) is 7.05 Å². The van der Waals surface area contributed by atoms with E-state index >= 15 is 0 Å². The van der Waals surface area contributed by atoms with E-state index in [9.17, 15) is 4.79 Å². The minimum absolute atomic E-state index is 0.0799. The SMILES string of the molecule is C=O.C=O.CN=C(CC1CCCCC1C)N[C@H](CCC(N)=O)c1ccccc1. The standard InChI is InChI=1S/C20H31N3O.2CH2O/c1-15-8-6-7-11-17(15)14-20(22-2)23-18(12-13-19(21)24)16-9-4-3-5-10-16;2*1-2/h3-5,9-10,15,17-18H,6-8,11-14H2,1-2H3,(H2,21,24)(H,22,23);2*1H2/t15?,17?,18-;;/m1../s1. The predicted molar refractivity (Wildman–Crippen MR) is 114 cm³/mol. The van der Waals surface area contributed by atoms with E-state index in [0.29, 0.717) is 18.8 Å². The highest BCUT2D eigenvalue weighted by Crippen LogP contribution is 2.32. The molecule has 0 heterocycles. The van der Waals surface area contributed by atoms with Gasteiger partial charge in [0.2, 0.25) is 5.91 Å². The van der Waals surface area contributed by atoms with E-state index in [1.54, 1.807) is 0 Å². The van der Waals surface area contributed by atoms with Crippen molar-refractivity contribution in [3.63, 3.8) is 0 Å². The maximum Gasteiger partial charge on any atom is 0.217 e. The number of primary amides is 1. The number of carbonyl (C=O) groups excluding carboxylic acids is 3. The van der Waals surface area contributed by atoms with Gasteiger partial charge in [0.25, 0.3) is 0 Å². The molecule has 3 atom stereocenters. The summed E-state index contributed by atoms with van der Waals surface area (Å²) in [4.78, 5) is 31.7. The number of aliphatic imine (C=N–C) groups is 1. The summed E-state index contributed by atoms with van der Waals surface area (Å²) in [6, 6.07) is 10.3. The van der Waals surface area contributed by atoms with E-state index in [2.05, 4.69) is 29.4 Å². The molecular weight excluding hydrogens is 354 g/mol. The summed E-state index contributed by atoms with van der Waals surface area (Å²) in [6.07, 6.45) is 7.37. The number of hydrogen-bond acceptors (Lipinski definition) is 4. The Morgan fingerprint density at radius 2 is 1.79 bits per heavy atom. The van der Waals surface area contributed by atoms with Crippen LogP contribution in [0.5, 0.6) is 0 Å². The first kappa shape index (κ1) is 25.5. The first-order chi connectivity index (χ1) is 13.6. The van der Waals surface area contributed by atoms with Gasteiger partial charge < -0.3 is 20.6 Å². The molecule has 3 N–H and O–H groups in total. The Hall–Kier alpha value is -2.50. The van der Waals surface area contributed by atoms with Crippen LogP contribution in [0.25, 0.3) is 0 Å². The maximum atomic E-state index is 11.2. The molecule has 1 aliphatic carbocycles. The number of benzene rings is 1. The van der Waals surface area contributed by atoms with Crippen molar-refractivity contribution in [2.24, 2.45) is 22.6 Å². The van der Waals surface area contributed by atoms with Crippen molar-refractivity contribution in [1.82, 2.24) is 5.32 Å². The van der Waals surface area contributed by atoms with Gasteiger partial charge >= 0.3 is 0 Å². The first-order valence-electron chi connectivity index (χ1n) is 9.73. The first-order valence-corrected chi connectivity index (χ1v) is 9.73. The largest absolute Gasteiger partial charge is 0.370 e. The van der Waals surface area contributed by atoms with E-state index in [1.165, 1.54) is 31.2 Å². The normalized spacial score (nSPS) is 19.9. The number of carbonyl (C=O) groups is 3. The molecule has 2 unspecified atom stereocenters. The Balaban J connectivity index is 0.00000171. The molecule has 0 aromatic heterocycles. The van der Waals surface area contributed by atoms with E-state index in [0.717, 1.165) is 18.2 Å². The van der Waals surface area contributed by atoms with Gasteiger partial charge in [-0.15, -0.1) is 0 Å². The predicted octanol–water partition coefficient (Wildman–Crippen LogP) is 3.46. The fourth-order valence-corrected chi connectivity index (χ4v) is 3.65. The second kappa shape index (κ2) is 15.5. The van der Waals surface area contributed by atoms with Gasteiger partial charge in [0.1, 0.15) is 13.6 Å². The van der Waals surface area contributed by atoms with Crippen molar-refractivity contribution in [2.45, 2.75) is 57.9 Å². The zero-order chi connectivity index (χ0) is 21.4. The lowest BCUT2D eigenvalue weighted by Crippen LogP contribution is -2.33. The summed E-state index contributed by atoms with van der Waals surface area (Å²) in [5, 5.41) is 3.59. The van der Waals surface area contributed by atoms with E-state index in [4.69, 9.17) is 15.3 Å². The number of rotatable bonds is 7. The van der Waals surface area contributed by atoms with Crippen molar-refractivity contribution in [3.05, 3.63) is 35.9 Å². The second-order valence-corrected chi connectivity index (χ2v) is 7.01. The molecule has 156 valence electrons. The van der Waals surface area contributed by atoms with Crippen LogP contribution in [-0.4, -0.2) is 32.4 Å². The Labute approximate surface area is 169 Å². The van der Waals surface area contributed by atoms with Crippen LogP contribution in [0.4, 0.5) is 0 Å². The fraction of sp³-hybridized carbons (Fsp3) is 0.545. The minimum Gasteiger partial charge on any atom is -0.370 e. The van der Waals surface area contributed by atoms with Gasteiger partial charge in [-0.05, 0) is 30.2 Å². The highest BCUT2D eigenvalue weighted by Gasteiger charge is 2.24. The van der Waals surface area contributed by atoms with Crippen molar-refractivity contribution in [3.8, 4) is 0 Å². The Morgan fingerprint density at radius 3 is 2.32 bits per heavy atom. The van der Waals surface area contributed by atoms with Gasteiger partial charge in [-0.1, -0.05) is 56.5 Å².